The molecule has 6 nitrogen and oxygen atoms in total. The number of carbonyl (C=O) groups is 1. The quantitative estimate of drug-likeness (QED) is 0.685. The number of benzene rings is 2. The van der Waals surface area contributed by atoms with E-state index in [-0.39, 0.29) is 5.91 Å². The average Bonchev–Trinajstić information content (AvgIpc) is 3.33. The van der Waals surface area contributed by atoms with Crippen LogP contribution in [0.5, 0.6) is 11.5 Å². The molecule has 2 heterocycles. The predicted octanol–water partition coefficient (Wildman–Crippen LogP) is 3.13. The van der Waals surface area contributed by atoms with Crippen LogP contribution in [0.2, 0.25) is 0 Å². The van der Waals surface area contributed by atoms with Crippen molar-refractivity contribution in [2.75, 3.05) is 52.9 Å². The number of nitrogens with zero attached hydrogens (tertiary/aromatic N) is 3. The lowest BCUT2D eigenvalue weighted by atomic mass is 10.1. The molecule has 0 saturated carbocycles. The van der Waals surface area contributed by atoms with Gasteiger partial charge >= 0.3 is 0 Å². The Hall–Kier alpha value is -2.57. The van der Waals surface area contributed by atoms with E-state index in [1.807, 2.05) is 47.4 Å². The van der Waals surface area contributed by atoms with Gasteiger partial charge in [0.1, 0.15) is 6.61 Å². The molecule has 0 aromatic heterocycles. The number of carbonyl (C=O) groups excluding carboxylic acids is 1. The van der Waals surface area contributed by atoms with Gasteiger partial charge in [-0.1, -0.05) is 37.3 Å². The number of ether oxygens (including phenoxy) is 2. The number of amides is 1. The lowest BCUT2D eigenvalue weighted by molar-refractivity contribution is 0.0745. The Morgan fingerprint density at radius 1 is 1.00 bits per heavy atom. The van der Waals surface area contributed by atoms with Crippen LogP contribution in [-0.4, -0.2) is 79.6 Å². The van der Waals surface area contributed by atoms with Crippen molar-refractivity contribution in [3.8, 4) is 11.5 Å². The Morgan fingerprint density at radius 3 is 2.48 bits per heavy atom. The summed E-state index contributed by atoms with van der Waals surface area (Å²) >= 11 is 0. The topological polar surface area (TPSA) is 45.2 Å². The molecule has 1 unspecified atom stereocenters. The lowest BCUT2D eigenvalue weighted by Gasteiger charge is -2.37. The maximum atomic E-state index is 13.1. The predicted molar refractivity (Wildman–Crippen MR) is 122 cm³/mol. The summed E-state index contributed by atoms with van der Waals surface area (Å²) in [5.41, 5.74) is 1.74. The zero-order chi connectivity index (χ0) is 21.6. The SMILES string of the molecule is CCN1CCN(C2CCN(C(=O)c3ccc(OCc4ccccc4)c(OC)c3)C2)CC1. The molecule has 2 aliphatic heterocycles. The molecule has 2 aromatic rings. The molecule has 0 aliphatic carbocycles. The Balaban J connectivity index is 1.36. The fourth-order valence-electron chi connectivity index (χ4n) is 4.51. The standard InChI is InChI=1S/C25H33N3O3/c1-3-26-13-15-27(16-14-26)22-11-12-28(18-22)25(29)21-9-10-23(24(17-21)30-2)31-19-20-7-5-4-6-8-20/h4-10,17,22H,3,11-16,18-19H2,1-2H3. The lowest BCUT2D eigenvalue weighted by Crippen LogP contribution is -2.51. The number of rotatable bonds is 7. The molecule has 0 N–H and O–H groups in total. The van der Waals surface area contributed by atoms with E-state index >= 15 is 0 Å². The van der Waals surface area contributed by atoms with Crippen molar-refractivity contribution in [3.63, 3.8) is 0 Å². The summed E-state index contributed by atoms with van der Waals surface area (Å²) in [7, 11) is 1.61. The van der Waals surface area contributed by atoms with E-state index in [1.165, 1.54) is 0 Å². The molecule has 2 saturated heterocycles. The fourth-order valence-corrected chi connectivity index (χ4v) is 4.51. The van der Waals surface area contributed by atoms with Gasteiger partial charge in [0.2, 0.25) is 0 Å². The highest BCUT2D eigenvalue weighted by atomic mass is 16.5. The van der Waals surface area contributed by atoms with Crippen molar-refractivity contribution in [1.82, 2.24) is 14.7 Å². The van der Waals surface area contributed by atoms with Crippen LogP contribution in [0.4, 0.5) is 0 Å². The van der Waals surface area contributed by atoms with Crippen molar-refractivity contribution in [2.45, 2.75) is 26.0 Å². The minimum Gasteiger partial charge on any atom is -0.493 e. The Kier molecular flexibility index (Phi) is 7.10. The normalized spacial score (nSPS) is 20.1. The molecule has 2 aliphatic rings. The van der Waals surface area contributed by atoms with E-state index in [0.29, 0.717) is 29.7 Å². The van der Waals surface area contributed by atoms with Crippen LogP contribution < -0.4 is 9.47 Å². The minimum atomic E-state index is 0.0719. The molecule has 2 aromatic carbocycles. The van der Waals surface area contributed by atoms with Crippen molar-refractivity contribution >= 4 is 5.91 Å². The number of likely N-dealkylation sites (N-methyl/N-ethyl adjacent to an activating group) is 1. The second-order valence-electron chi connectivity index (χ2n) is 8.30. The molecule has 6 heteroatoms. The molecular weight excluding hydrogens is 390 g/mol. The van der Waals surface area contributed by atoms with Gasteiger partial charge in [0.25, 0.3) is 5.91 Å². The zero-order valence-electron chi connectivity index (χ0n) is 18.6. The molecule has 1 atom stereocenters. The van der Waals surface area contributed by atoms with E-state index < -0.39 is 0 Å². The summed E-state index contributed by atoms with van der Waals surface area (Å²) in [6, 6.07) is 16.0. The third kappa shape index (κ3) is 5.20. The van der Waals surface area contributed by atoms with Crippen LogP contribution in [-0.2, 0) is 6.61 Å². The van der Waals surface area contributed by atoms with Crippen LogP contribution in [0, 0.1) is 0 Å². The smallest absolute Gasteiger partial charge is 0.254 e. The monoisotopic (exact) mass is 423 g/mol. The summed E-state index contributed by atoms with van der Waals surface area (Å²) in [5, 5.41) is 0. The molecule has 31 heavy (non-hydrogen) atoms. The molecule has 1 amide bonds. The summed E-state index contributed by atoms with van der Waals surface area (Å²) < 4.78 is 11.4. The minimum absolute atomic E-state index is 0.0719. The maximum Gasteiger partial charge on any atom is 0.254 e. The Morgan fingerprint density at radius 2 is 1.77 bits per heavy atom. The highest BCUT2D eigenvalue weighted by molar-refractivity contribution is 5.95. The molecule has 0 radical (unpaired) electrons. The number of methoxy groups -OCH3 is 1. The van der Waals surface area contributed by atoms with Gasteiger partial charge in [0.15, 0.2) is 11.5 Å². The number of likely N-dealkylation sites (tertiary alicyclic amines) is 1. The largest absolute Gasteiger partial charge is 0.493 e. The first-order valence-electron chi connectivity index (χ1n) is 11.3. The first-order valence-corrected chi connectivity index (χ1v) is 11.3. The first-order chi connectivity index (χ1) is 15.2. The van der Waals surface area contributed by atoms with Gasteiger partial charge in [-0.05, 0) is 36.7 Å². The number of hydrogen-bond acceptors (Lipinski definition) is 5. The summed E-state index contributed by atoms with van der Waals surface area (Å²) in [5.74, 6) is 1.31. The van der Waals surface area contributed by atoms with Crippen molar-refractivity contribution < 1.29 is 14.3 Å². The highest BCUT2D eigenvalue weighted by Gasteiger charge is 2.32. The van der Waals surface area contributed by atoms with Crippen LogP contribution in [0.3, 0.4) is 0 Å². The van der Waals surface area contributed by atoms with Crippen LogP contribution in [0.1, 0.15) is 29.3 Å². The zero-order valence-corrected chi connectivity index (χ0v) is 18.6. The number of hydrogen-bond donors (Lipinski definition) is 0. The average molecular weight is 424 g/mol. The second kappa shape index (κ2) is 10.2. The molecular formula is C25H33N3O3. The summed E-state index contributed by atoms with van der Waals surface area (Å²) in [6.45, 7) is 9.87. The van der Waals surface area contributed by atoms with Gasteiger partial charge in [-0.25, -0.2) is 0 Å². The Bertz CT molecular complexity index is 866. The van der Waals surface area contributed by atoms with Gasteiger partial charge in [-0.15, -0.1) is 0 Å². The van der Waals surface area contributed by atoms with Crippen LogP contribution in [0.15, 0.2) is 48.5 Å². The Labute approximate surface area is 185 Å². The van der Waals surface area contributed by atoms with Crippen molar-refractivity contribution in [3.05, 3.63) is 59.7 Å². The van der Waals surface area contributed by atoms with Gasteiger partial charge in [0.05, 0.1) is 7.11 Å². The molecule has 0 spiro atoms. The summed E-state index contributed by atoms with van der Waals surface area (Å²) in [4.78, 5) is 20.2. The first kappa shape index (κ1) is 21.7. The third-order valence-corrected chi connectivity index (χ3v) is 6.47. The van der Waals surface area contributed by atoms with Crippen molar-refractivity contribution in [1.29, 1.82) is 0 Å². The van der Waals surface area contributed by atoms with Gasteiger partial charge < -0.3 is 19.3 Å². The van der Waals surface area contributed by atoms with Crippen molar-refractivity contribution in [2.24, 2.45) is 0 Å². The van der Waals surface area contributed by atoms with E-state index in [1.54, 1.807) is 13.2 Å². The van der Waals surface area contributed by atoms with Crippen LogP contribution >= 0.6 is 0 Å². The molecule has 4 rings (SSSR count). The molecule has 166 valence electrons. The van der Waals surface area contributed by atoms with Gasteiger partial charge in [-0.2, -0.15) is 0 Å². The second-order valence-corrected chi connectivity index (χ2v) is 8.30. The molecule has 0 bridgehead atoms. The highest BCUT2D eigenvalue weighted by Crippen LogP contribution is 2.30. The van der Waals surface area contributed by atoms with Gasteiger partial charge in [-0.3, -0.25) is 9.69 Å². The van der Waals surface area contributed by atoms with E-state index in [0.717, 1.165) is 57.8 Å². The number of piperazine rings is 1. The van der Waals surface area contributed by atoms with Gasteiger partial charge in [0, 0.05) is 50.9 Å². The summed E-state index contributed by atoms with van der Waals surface area (Å²) in [6.07, 6.45) is 1.05. The van der Waals surface area contributed by atoms with Crippen LogP contribution in [0.25, 0.3) is 0 Å². The fraction of sp³-hybridized carbons (Fsp3) is 0.480. The van der Waals surface area contributed by atoms with E-state index in [2.05, 4.69) is 16.7 Å². The third-order valence-electron chi connectivity index (χ3n) is 6.47. The van der Waals surface area contributed by atoms with E-state index in [9.17, 15) is 4.79 Å². The molecule has 2 fully saturated rings. The van der Waals surface area contributed by atoms with E-state index in [4.69, 9.17) is 9.47 Å². The maximum absolute atomic E-state index is 13.1.